The molecule has 2 aliphatic rings. The maximum Gasteiger partial charge on any atom is 0.251 e. The molecule has 0 radical (unpaired) electrons. The molecule has 3 aromatic heterocycles. The van der Waals surface area contributed by atoms with Gasteiger partial charge in [0.15, 0.2) is 0 Å². The van der Waals surface area contributed by atoms with E-state index in [-0.39, 0.29) is 35.4 Å². The van der Waals surface area contributed by atoms with Gasteiger partial charge in [0.1, 0.15) is 17.0 Å². The van der Waals surface area contributed by atoms with Crippen molar-refractivity contribution in [1.82, 2.24) is 30.4 Å². The van der Waals surface area contributed by atoms with Crippen LogP contribution in [-0.4, -0.2) is 55.8 Å². The summed E-state index contributed by atoms with van der Waals surface area (Å²) in [6.07, 6.45) is 10.4. The van der Waals surface area contributed by atoms with Crippen LogP contribution in [0.3, 0.4) is 0 Å². The summed E-state index contributed by atoms with van der Waals surface area (Å²) in [5, 5.41) is 11.5. The number of hydrogen-bond acceptors (Lipinski definition) is 6. The number of pyridine rings is 2. The molecule has 1 aliphatic heterocycles. The monoisotopic (exact) mass is 598 g/mol. The first-order valence-corrected chi connectivity index (χ1v) is 15.8. The van der Waals surface area contributed by atoms with Gasteiger partial charge in [0.05, 0.1) is 24.1 Å². The highest BCUT2D eigenvalue weighted by Gasteiger charge is 2.38. The summed E-state index contributed by atoms with van der Waals surface area (Å²) in [6.45, 7) is 7.90. The van der Waals surface area contributed by atoms with Crippen molar-refractivity contribution in [3.05, 3.63) is 83.2 Å². The van der Waals surface area contributed by atoms with Crippen LogP contribution in [0, 0.1) is 11.7 Å². The topological polar surface area (TPSA) is 83.9 Å². The van der Waals surface area contributed by atoms with Crippen molar-refractivity contribution in [2.24, 2.45) is 5.92 Å². The van der Waals surface area contributed by atoms with Crippen LogP contribution in [-0.2, 0) is 12.8 Å². The molecular formula is C35H40F2N6O. The minimum Gasteiger partial charge on any atom is -0.345 e. The van der Waals surface area contributed by atoms with Gasteiger partial charge in [-0.2, -0.15) is 10.2 Å². The highest BCUT2D eigenvalue weighted by molar-refractivity contribution is 5.98. The number of piperidine rings is 1. The molecule has 0 bridgehead atoms. The molecule has 230 valence electrons. The third-order valence-corrected chi connectivity index (χ3v) is 9.62. The minimum atomic E-state index is -1.31. The zero-order valence-corrected chi connectivity index (χ0v) is 25.7. The number of amides is 1. The molecule has 4 aromatic rings. The molecule has 1 unspecified atom stereocenters. The number of aromatic nitrogens is 4. The Bertz CT molecular complexity index is 1630. The van der Waals surface area contributed by atoms with Crippen LogP contribution in [0.25, 0.3) is 22.2 Å². The predicted octanol–water partition coefficient (Wildman–Crippen LogP) is 6.81. The predicted molar refractivity (Wildman–Crippen MR) is 167 cm³/mol. The molecule has 1 fully saturated rings. The lowest BCUT2D eigenvalue weighted by atomic mass is 9.77. The molecule has 4 heterocycles. The largest absolute Gasteiger partial charge is 0.345 e. The Morgan fingerprint density at radius 3 is 2.73 bits per heavy atom. The van der Waals surface area contributed by atoms with Crippen LogP contribution in [0.1, 0.15) is 86.1 Å². The van der Waals surface area contributed by atoms with E-state index in [1.807, 2.05) is 38.1 Å². The molecule has 9 heteroatoms. The molecule has 7 nitrogen and oxygen atoms in total. The number of aryl methyl sites for hydroxylation is 1. The van der Waals surface area contributed by atoms with Crippen molar-refractivity contribution in [1.29, 1.82) is 0 Å². The van der Waals surface area contributed by atoms with Crippen molar-refractivity contribution in [2.45, 2.75) is 83.5 Å². The van der Waals surface area contributed by atoms with Gasteiger partial charge >= 0.3 is 0 Å². The van der Waals surface area contributed by atoms with Gasteiger partial charge in [-0.05, 0) is 92.9 Å². The van der Waals surface area contributed by atoms with Gasteiger partial charge in [-0.15, -0.1) is 0 Å². The number of nitrogens with one attached hydrogen (secondary N) is 1. The Kier molecular flexibility index (Phi) is 8.67. The quantitative estimate of drug-likeness (QED) is 0.240. The molecule has 1 amide bonds. The second-order valence-electron chi connectivity index (χ2n) is 12.8. The van der Waals surface area contributed by atoms with E-state index in [0.717, 1.165) is 41.2 Å². The zero-order chi connectivity index (χ0) is 30.8. The third-order valence-electron chi connectivity index (χ3n) is 9.62. The maximum absolute atomic E-state index is 15.5. The van der Waals surface area contributed by atoms with Crippen LogP contribution in [0.2, 0.25) is 0 Å². The van der Waals surface area contributed by atoms with E-state index in [0.29, 0.717) is 30.7 Å². The fourth-order valence-corrected chi connectivity index (χ4v) is 6.62. The lowest BCUT2D eigenvalue weighted by Crippen LogP contribution is -2.40. The first-order chi connectivity index (χ1) is 21.2. The number of halogens is 2. The van der Waals surface area contributed by atoms with Crippen molar-refractivity contribution in [3.63, 3.8) is 0 Å². The number of likely N-dealkylation sites (tertiary alicyclic amines) is 1. The normalized spacial score (nSPS) is 21.3. The van der Waals surface area contributed by atoms with E-state index < -0.39 is 11.5 Å². The number of carbonyl (C=O) groups excluding carboxylic acids is 1. The van der Waals surface area contributed by atoms with E-state index in [2.05, 4.69) is 37.3 Å². The lowest BCUT2D eigenvalue weighted by molar-refractivity contribution is 0.0821. The average molecular weight is 599 g/mol. The van der Waals surface area contributed by atoms with Crippen LogP contribution in [0.15, 0.2) is 55.0 Å². The number of alkyl halides is 1. The first-order valence-electron chi connectivity index (χ1n) is 15.8. The molecule has 1 saturated heterocycles. The first kappa shape index (κ1) is 30.2. The number of fused-ring (bicyclic) bond motifs is 2. The highest BCUT2D eigenvalue weighted by Crippen LogP contribution is 2.38. The van der Waals surface area contributed by atoms with Gasteiger partial charge in [-0.25, -0.2) is 13.8 Å². The number of carbonyl (C=O) groups is 1. The summed E-state index contributed by atoms with van der Waals surface area (Å²) in [5.74, 6) is -1.05. The van der Waals surface area contributed by atoms with Gasteiger partial charge in [0, 0.05) is 47.4 Å². The van der Waals surface area contributed by atoms with Crippen molar-refractivity contribution < 1.29 is 13.6 Å². The zero-order valence-electron chi connectivity index (χ0n) is 25.7. The third kappa shape index (κ3) is 6.34. The van der Waals surface area contributed by atoms with Crippen LogP contribution in [0.4, 0.5) is 8.78 Å². The Morgan fingerprint density at radius 2 is 2.00 bits per heavy atom. The van der Waals surface area contributed by atoms with Crippen LogP contribution >= 0.6 is 0 Å². The smallest absolute Gasteiger partial charge is 0.251 e. The second kappa shape index (κ2) is 12.6. The summed E-state index contributed by atoms with van der Waals surface area (Å²) < 4.78 is 31.0. The number of hydrogen-bond donors (Lipinski definition) is 1. The molecule has 0 spiro atoms. The molecule has 6 rings (SSSR count). The van der Waals surface area contributed by atoms with Crippen LogP contribution in [0.5, 0.6) is 0 Å². The van der Waals surface area contributed by atoms with Gasteiger partial charge < -0.3 is 10.2 Å². The van der Waals surface area contributed by atoms with Crippen molar-refractivity contribution in [3.8, 4) is 11.3 Å². The van der Waals surface area contributed by atoms with Gasteiger partial charge in [-0.3, -0.25) is 9.78 Å². The summed E-state index contributed by atoms with van der Waals surface area (Å²) >= 11 is 0. The molecule has 0 saturated carbocycles. The fourth-order valence-electron chi connectivity index (χ4n) is 6.62. The van der Waals surface area contributed by atoms with Gasteiger partial charge in [-0.1, -0.05) is 26.3 Å². The molecule has 1 aromatic carbocycles. The maximum atomic E-state index is 15.5. The van der Waals surface area contributed by atoms with E-state index in [4.69, 9.17) is 0 Å². The molecule has 1 aliphatic carbocycles. The molecular weight excluding hydrogens is 558 g/mol. The van der Waals surface area contributed by atoms with Gasteiger partial charge in [0.25, 0.3) is 5.91 Å². The minimum absolute atomic E-state index is 0.130. The molecule has 1 N–H and O–H groups in total. The van der Waals surface area contributed by atoms with Gasteiger partial charge in [0.2, 0.25) is 0 Å². The fraction of sp³-hybridized carbons (Fsp3) is 0.457. The standard InChI is InChI=1S/C35H40F2N6O/c1-22(2)35(37)12-9-31-28(19-35)17-26-16-27(18-29(36)33(26)41-31)34(44)42-32(11-15-43-14-5-4-6-23(43)3)24-7-8-30(38-20-24)25-10-13-39-40-21-25/h7-8,10,13,16-18,20-23,32H,4-6,9,11-12,14-15,19H2,1-3H3,(H,42,44)/t23?,32-,35+/m1/s1. The summed E-state index contributed by atoms with van der Waals surface area (Å²) in [6, 6.07) is 10.7. The number of benzene rings is 1. The van der Waals surface area contributed by atoms with Crippen molar-refractivity contribution in [2.75, 3.05) is 13.1 Å². The van der Waals surface area contributed by atoms with E-state index in [1.54, 1.807) is 24.7 Å². The Morgan fingerprint density at radius 1 is 1.14 bits per heavy atom. The summed E-state index contributed by atoms with van der Waals surface area (Å²) in [5.41, 5.74) is 3.15. The SMILES string of the molecule is CC1CCCCN1CC[C@@H](NC(=O)c1cc(F)c2nc3c(cc2c1)C[C@](F)(C(C)C)CC3)c1ccc(-c2ccnnc2)nc1. The van der Waals surface area contributed by atoms with Crippen molar-refractivity contribution >= 4 is 16.8 Å². The Labute approximate surface area is 257 Å². The molecule has 3 atom stereocenters. The summed E-state index contributed by atoms with van der Waals surface area (Å²) in [7, 11) is 0. The lowest BCUT2D eigenvalue weighted by Gasteiger charge is -2.34. The van der Waals surface area contributed by atoms with Crippen LogP contribution < -0.4 is 5.32 Å². The van der Waals surface area contributed by atoms with E-state index in [9.17, 15) is 4.79 Å². The summed E-state index contributed by atoms with van der Waals surface area (Å²) in [4.78, 5) is 25.4. The Hall–Kier alpha value is -3.85. The van der Waals surface area contributed by atoms with E-state index >= 15 is 8.78 Å². The highest BCUT2D eigenvalue weighted by atomic mass is 19.1. The van der Waals surface area contributed by atoms with E-state index in [1.165, 1.54) is 25.3 Å². The average Bonchev–Trinajstić information content (AvgIpc) is 3.03. The number of rotatable bonds is 8. The molecule has 44 heavy (non-hydrogen) atoms. The second-order valence-corrected chi connectivity index (χ2v) is 12.8. The Balaban J connectivity index is 1.27. The number of nitrogens with zero attached hydrogens (tertiary/aromatic N) is 5.